The number of fused-ring (bicyclic) bond motifs is 3. The minimum atomic E-state index is -1.65. The number of carbonyl (C=O) groups excluding carboxylic acids is 3. The van der Waals surface area contributed by atoms with Gasteiger partial charge in [0.2, 0.25) is 5.91 Å². The predicted molar refractivity (Wildman–Crippen MR) is 121 cm³/mol. The number of para-hydroxylation sites is 2. The third-order valence-corrected chi connectivity index (χ3v) is 7.01. The van der Waals surface area contributed by atoms with E-state index < -0.39 is 28.6 Å². The molecular formula is C26H20ClNO4. The summed E-state index contributed by atoms with van der Waals surface area (Å²) in [6.07, 6.45) is 0.296. The van der Waals surface area contributed by atoms with Crippen molar-refractivity contribution in [2.45, 2.75) is 19.3 Å². The summed E-state index contributed by atoms with van der Waals surface area (Å²) < 4.78 is 5.64. The van der Waals surface area contributed by atoms with Gasteiger partial charge in [0.05, 0.1) is 5.41 Å². The first-order valence-electron chi connectivity index (χ1n) is 10.4. The van der Waals surface area contributed by atoms with E-state index in [-0.39, 0.29) is 5.78 Å². The fourth-order valence-electron chi connectivity index (χ4n) is 5.32. The number of rotatable bonds is 5. The highest BCUT2D eigenvalue weighted by Gasteiger charge is 2.89. The molecule has 0 bridgehead atoms. The number of nitrogens with one attached hydrogen (secondary N) is 1. The number of halogens is 1. The molecule has 1 aliphatic carbocycles. The number of amides is 1. The largest absolute Gasteiger partial charge is 0.425 e. The van der Waals surface area contributed by atoms with E-state index in [2.05, 4.69) is 5.32 Å². The van der Waals surface area contributed by atoms with Crippen LogP contribution in [0.4, 0.5) is 5.69 Å². The van der Waals surface area contributed by atoms with Gasteiger partial charge in [-0.25, -0.2) is 0 Å². The molecule has 1 N–H and O–H groups in total. The summed E-state index contributed by atoms with van der Waals surface area (Å²) in [4.78, 5) is 41.1. The summed E-state index contributed by atoms with van der Waals surface area (Å²) in [5.41, 5.74) is -1.26. The van der Waals surface area contributed by atoms with E-state index in [1.54, 1.807) is 60.7 Å². The molecule has 1 aliphatic heterocycles. The standard InChI is InChI=1S/C26H20ClNO4/c1-2-25(22(29)16-12-14-17(27)15-13-16)21-19-10-6-7-11-20(19)32-24(31)26(21,25)23(30)28-18-8-4-3-5-9-18/h3-15,21H,2H2,1H3,(H,28,30)/t21-,25+,26-/m0/s1. The molecule has 1 heterocycles. The zero-order valence-corrected chi connectivity index (χ0v) is 18.1. The van der Waals surface area contributed by atoms with Crippen molar-refractivity contribution in [2.24, 2.45) is 10.8 Å². The molecule has 3 atom stereocenters. The maximum atomic E-state index is 13.9. The van der Waals surface area contributed by atoms with Crippen LogP contribution in [-0.4, -0.2) is 17.7 Å². The second-order valence-electron chi connectivity index (χ2n) is 8.15. The van der Waals surface area contributed by atoms with Gasteiger partial charge < -0.3 is 10.1 Å². The summed E-state index contributed by atoms with van der Waals surface area (Å²) in [7, 11) is 0. The molecule has 32 heavy (non-hydrogen) atoms. The minimum Gasteiger partial charge on any atom is -0.425 e. The Morgan fingerprint density at radius 3 is 2.31 bits per heavy atom. The molecule has 5 nitrogen and oxygen atoms in total. The maximum Gasteiger partial charge on any atom is 0.328 e. The van der Waals surface area contributed by atoms with Crippen LogP contribution in [0.5, 0.6) is 5.75 Å². The molecule has 0 aromatic heterocycles. The number of ketones is 1. The van der Waals surface area contributed by atoms with Gasteiger partial charge in [0.25, 0.3) is 0 Å². The summed E-state index contributed by atoms with van der Waals surface area (Å²) in [5, 5.41) is 3.35. The second kappa shape index (κ2) is 7.31. The van der Waals surface area contributed by atoms with Crippen LogP contribution in [0.1, 0.15) is 35.2 Å². The summed E-state index contributed by atoms with van der Waals surface area (Å²) in [6, 6.07) is 22.5. The van der Waals surface area contributed by atoms with Crippen molar-refractivity contribution in [1.29, 1.82) is 0 Å². The van der Waals surface area contributed by atoms with Crippen molar-refractivity contribution in [2.75, 3.05) is 5.32 Å². The lowest BCUT2D eigenvalue weighted by atomic mass is 9.82. The van der Waals surface area contributed by atoms with E-state index in [4.69, 9.17) is 16.3 Å². The molecule has 0 radical (unpaired) electrons. The molecule has 3 aromatic carbocycles. The molecule has 1 fully saturated rings. The second-order valence-corrected chi connectivity index (χ2v) is 8.59. The first kappa shape index (κ1) is 20.5. The lowest BCUT2D eigenvalue weighted by Crippen LogP contribution is -2.42. The molecule has 2 aliphatic rings. The van der Waals surface area contributed by atoms with Crippen molar-refractivity contribution < 1.29 is 19.1 Å². The number of carbonyl (C=O) groups is 3. The van der Waals surface area contributed by atoms with Crippen molar-refractivity contribution in [3.05, 3.63) is 95.0 Å². The Morgan fingerprint density at radius 1 is 0.969 bits per heavy atom. The van der Waals surface area contributed by atoms with Crippen LogP contribution in [0, 0.1) is 10.8 Å². The van der Waals surface area contributed by atoms with Gasteiger partial charge in [-0.05, 0) is 48.9 Å². The zero-order chi connectivity index (χ0) is 22.5. The van der Waals surface area contributed by atoms with Crippen molar-refractivity contribution in [1.82, 2.24) is 0 Å². The van der Waals surface area contributed by atoms with Gasteiger partial charge in [-0.2, -0.15) is 0 Å². The molecule has 3 aromatic rings. The Morgan fingerprint density at radius 2 is 1.62 bits per heavy atom. The molecule has 0 spiro atoms. The average Bonchev–Trinajstić information content (AvgIpc) is 3.47. The van der Waals surface area contributed by atoms with Crippen LogP contribution in [0.15, 0.2) is 78.9 Å². The van der Waals surface area contributed by atoms with Crippen LogP contribution < -0.4 is 10.1 Å². The normalized spacial score (nSPS) is 25.2. The molecule has 0 unspecified atom stereocenters. The van der Waals surface area contributed by atoms with Crippen LogP contribution in [0.3, 0.4) is 0 Å². The highest BCUT2D eigenvalue weighted by atomic mass is 35.5. The number of esters is 1. The Labute approximate surface area is 190 Å². The fourth-order valence-corrected chi connectivity index (χ4v) is 5.44. The van der Waals surface area contributed by atoms with E-state index >= 15 is 0 Å². The van der Waals surface area contributed by atoms with Gasteiger partial charge in [-0.3, -0.25) is 14.4 Å². The molecule has 5 rings (SSSR count). The SMILES string of the molecule is CC[C@]1(C(=O)c2ccc(Cl)cc2)[C@@H]2c3ccccc3OC(=O)[C@@]21C(=O)Nc1ccccc1. The van der Waals surface area contributed by atoms with E-state index in [0.29, 0.717) is 34.0 Å². The molecular weight excluding hydrogens is 426 g/mol. The Balaban J connectivity index is 1.67. The van der Waals surface area contributed by atoms with E-state index in [9.17, 15) is 14.4 Å². The number of Topliss-reactive ketones (excluding diaryl/α,β-unsaturated/α-hetero) is 1. The Hall–Kier alpha value is -3.44. The molecule has 0 saturated heterocycles. The van der Waals surface area contributed by atoms with Crippen LogP contribution >= 0.6 is 11.6 Å². The van der Waals surface area contributed by atoms with Crippen LogP contribution in [-0.2, 0) is 9.59 Å². The summed E-state index contributed by atoms with van der Waals surface area (Å²) in [5.74, 6) is -1.72. The molecule has 1 amide bonds. The van der Waals surface area contributed by atoms with Crippen molar-refractivity contribution in [3.63, 3.8) is 0 Å². The van der Waals surface area contributed by atoms with E-state index in [0.717, 1.165) is 0 Å². The molecule has 160 valence electrons. The Bertz CT molecular complexity index is 1240. The predicted octanol–water partition coefficient (Wildman–Crippen LogP) is 5.26. The zero-order valence-electron chi connectivity index (χ0n) is 17.3. The number of benzene rings is 3. The Kier molecular flexibility index (Phi) is 4.68. The minimum absolute atomic E-state index is 0.265. The summed E-state index contributed by atoms with van der Waals surface area (Å²) in [6.45, 7) is 1.83. The average molecular weight is 446 g/mol. The quantitative estimate of drug-likeness (QED) is 0.251. The van der Waals surface area contributed by atoms with Crippen molar-refractivity contribution in [3.8, 4) is 5.75 Å². The number of ether oxygens (including phenoxy) is 1. The maximum absolute atomic E-state index is 13.9. The highest BCUT2D eigenvalue weighted by Crippen LogP contribution is 2.80. The summed E-state index contributed by atoms with van der Waals surface area (Å²) >= 11 is 6.01. The number of hydrogen-bond acceptors (Lipinski definition) is 4. The topological polar surface area (TPSA) is 72.5 Å². The molecule has 1 saturated carbocycles. The first-order valence-corrected chi connectivity index (χ1v) is 10.8. The fraction of sp³-hybridized carbons (Fsp3) is 0.192. The molecule has 6 heteroatoms. The van der Waals surface area contributed by atoms with Crippen molar-refractivity contribution >= 4 is 34.9 Å². The lowest BCUT2D eigenvalue weighted by Gasteiger charge is -2.23. The number of anilines is 1. The number of hydrogen-bond donors (Lipinski definition) is 1. The third kappa shape index (κ3) is 2.61. The van der Waals surface area contributed by atoms with E-state index in [1.165, 1.54) is 0 Å². The highest BCUT2D eigenvalue weighted by molar-refractivity contribution is 6.30. The van der Waals surface area contributed by atoms with Crippen LogP contribution in [0.2, 0.25) is 5.02 Å². The van der Waals surface area contributed by atoms with Gasteiger partial charge in [-0.1, -0.05) is 54.9 Å². The van der Waals surface area contributed by atoms with Gasteiger partial charge >= 0.3 is 5.97 Å². The van der Waals surface area contributed by atoms with Gasteiger partial charge in [-0.15, -0.1) is 0 Å². The van der Waals surface area contributed by atoms with Crippen LogP contribution in [0.25, 0.3) is 0 Å². The van der Waals surface area contributed by atoms with Gasteiger partial charge in [0.1, 0.15) is 5.75 Å². The van der Waals surface area contributed by atoms with E-state index in [1.807, 2.05) is 25.1 Å². The van der Waals surface area contributed by atoms with Gasteiger partial charge in [0.15, 0.2) is 11.2 Å². The third-order valence-electron chi connectivity index (χ3n) is 6.76. The first-order chi connectivity index (χ1) is 15.5. The lowest BCUT2D eigenvalue weighted by molar-refractivity contribution is -0.147. The van der Waals surface area contributed by atoms with Gasteiger partial charge in [0, 0.05) is 27.8 Å². The monoisotopic (exact) mass is 445 g/mol. The smallest absolute Gasteiger partial charge is 0.328 e.